The van der Waals surface area contributed by atoms with Crippen molar-refractivity contribution < 1.29 is 19.0 Å². The molecule has 0 saturated carbocycles. The summed E-state index contributed by atoms with van der Waals surface area (Å²) in [6.45, 7) is 0.00111. The summed E-state index contributed by atoms with van der Waals surface area (Å²) >= 11 is 5.82. The second kappa shape index (κ2) is 8.50. The molecule has 3 aromatic rings. The van der Waals surface area contributed by atoms with E-state index >= 15 is 0 Å². The molecule has 8 nitrogen and oxygen atoms in total. The highest BCUT2D eigenvalue weighted by molar-refractivity contribution is 6.30. The number of carbonyl (C=O) groups excluding carboxylic acids is 1. The standard InChI is InChI=1S/C18H17ClN4O4/c1-25-15-8-5-13(9-16(15)26-2)18-20-22-23(21-18)10-17(24)27-11-12-3-6-14(19)7-4-12/h3-9H,10-11H2,1-2H3. The van der Waals surface area contributed by atoms with Gasteiger partial charge in [0, 0.05) is 10.6 Å². The van der Waals surface area contributed by atoms with Crippen molar-refractivity contribution in [2.45, 2.75) is 13.2 Å². The van der Waals surface area contributed by atoms with E-state index in [1.54, 1.807) is 56.7 Å². The van der Waals surface area contributed by atoms with Crippen LogP contribution in [-0.4, -0.2) is 40.4 Å². The Morgan fingerprint density at radius 3 is 2.52 bits per heavy atom. The van der Waals surface area contributed by atoms with Gasteiger partial charge in [-0.1, -0.05) is 23.7 Å². The van der Waals surface area contributed by atoms with Gasteiger partial charge in [-0.15, -0.1) is 10.2 Å². The van der Waals surface area contributed by atoms with Gasteiger partial charge in [0.25, 0.3) is 0 Å². The van der Waals surface area contributed by atoms with Gasteiger partial charge in [-0.2, -0.15) is 4.80 Å². The second-order valence-corrected chi connectivity index (χ2v) is 5.94. The highest BCUT2D eigenvalue weighted by Crippen LogP contribution is 2.30. The van der Waals surface area contributed by atoms with Gasteiger partial charge in [-0.3, -0.25) is 0 Å². The van der Waals surface area contributed by atoms with Gasteiger partial charge in [0.2, 0.25) is 5.82 Å². The summed E-state index contributed by atoms with van der Waals surface area (Å²) in [5.74, 6) is 1.04. The van der Waals surface area contributed by atoms with E-state index in [-0.39, 0.29) is 13.2 Å². The Morgan fingerprint density at radius 1 is 1.07 bits per heavy atom. The van der Waals surface area contributed by atoms with Gasteiger partial charge in [-0.05, 0) is 41.1 Å². The number of carbonyl (C=O) groups is 1. The lowest BCUT2D eigenvalue weighted by Crippen LogP contribution is -2.15. The Labute approximate surface area is 160 Å². The SMILES string of the molecule is COc1ccc(-c2nnn(CC(=O)OCc3ccc(Cl)cc3)n2)cc1OC. The molecule has 0 unspecified atom stereocenters. The maximum atomic E-state index is 12.0. The van der Waals surface area contributed by atoms with Gasteiger partial charge in [0.05, 0.1) is 14.2 Å². The fourth-order valence-corrected chi connectivity index (χ4v) is 2.43. The molecule has 27 heavy (non-hydrogen) atoms. The highest BCUT2D eigenvalue weighted by Gasteiger charge is 2.13. The Hall–Kier alpha value is -3.13. The topological polar surface area (TPSA) is 88.4 Å². The lowest BCUT2D eigenvalue weighted by molar-refractivity contribution is -0.146. The maximum Gasteiger partial charge on any atom is 0.330 e. The maximum absolute atomic E-state index is 12.0. The molecule has 0 radical (unpaired) electrons. The summed E-state index contributed by atoms with van der Waals surface area (Å²) < 4.78 is 15.7. The predicted octanol–water partition coefficient (Wildman–Crippen LogP) is 2.75. The van der Waals surface area contributed by atoms with Crippen LogP contribution in [-0.2, 0) is 22.7 Å². The lowest BCUT2D eigenvalue weighted by Gasteiger charge is -2.07. The van der Waals surface area contributed by atoms with Crippen molar-refractivity contribution in [2.75, 3.05) is 14.2 Å². The molecule has 3 rings (SSSR count). The van der Waals surface area contributed by atoms with Crippen molar-refractivity contribution in [1.29, 1.82) is 0 Å². The van der Waals surface area contributed by atoms with E-state index in [0.717, 1.165) is 5.56 Å². The molecular weight excluding hydrogens is 372 g/mol. The number of nitrogens with zero attached hydrogens (tertiary/aromatic N) is 4. The average molecular weight is 389 g/mol. The minimum absolute atomic E-state index is 0.145. The first-order valence-corrected chi connectivity index (χ1v) is 8.37. The van der Waals surface area contributed by atoms with Crippen LogP contribution in [0.25, 0.3) is 11.4 Å². The van der Waals surface area contributed by atoms with E-state index < -0.39 is 5.97 Å². The Morgan fingerprint density at radius 2 is 1.81 bits per heavy atom. The van der Waals surface area contributed by atoms with Gasteiger partial charge >= 0.3 is 5.97 Å². The van der Waals surface area contributed by atoms with E-state index in [0.29, 0.717) is 27.9 Å². The number of aromatic nitrogens is 4. The minimum atomic E-state index is -0.471. The average Bonchev–Trinajstić information content (AvgIpc) is 3.15. The molecule has 0 spiro atoms. The predicted molar refractivity (Wildman–Crippen MR) is 97.6 cm³/mol. The van der Waals surface area contributed by atoms with Crippen LogP contribution in [0, 0.1) is 0 Å². The molecule has 140 valence electrons. The number of rotatable bonds is 7. The molecule has 1 heterocycles. The number of ether oxygens (including phenoxy) is 3. The first-order valence-electron chi connectivity index (χ1n) is 7.99. The zero-order valence-electron chi connectivity index (χ0n) is 14.8. The summed E-state index contributed by atoms with van der Waals surface area (Å²) in [5.41, 5.74) is 1.53. The fourth-order valence-electron chi connectivity index (χ4n) is 2.31. The molecule has 0 N–H and O–H groups in total. The van der Waals surface area contributed by atoms with Crippen LogP contribution in [0.3, 0.4) is 0 Å². The third-order valence-electron chi connectivity index (χ3n) is 3.68. The normalized spacial score (nSPS) is 10.5. The van der Waals surface area contributed by atoms with E-state index in [1.165, 1.54) is 4.80 Å². The molecule has 1 aromatic heterocycles. The zero-order chi connectivity index (χ0) is 19.2. The summed E-state index contributed by atoms with van der Waals surface area (Å²) in [4.78, 5) is 13.1. The third-order valence-corrected chi connectivity index (χ3v) is 3.93. The van der Waals surface area contributed by atoms with Gasteiger partial charge in [-0.25, -0.2) is 4.79 Å². The van der Waals surface area contributed by atoms with Crippen LogP contribution >= 0.6 is 11.6 Å². The summed E-state index contributed by atoms with van der Waals surface area (Å²) in [6.07, 6.45) is 0. The van der Waals surface area contributed by atoms with Crippen LogP contribution in [0.4, 0.5) is 0 Å². The van der Waals surface area contributed by atoms with Crippen molar-refractivity contribution in [3.63, 3.8) is 0 Å². The molecule has 9 heteroatoms. The zero-order valence-corrected chi connectivity index (χ0v) is 15.5. The molecule has 0 bridgehead atoms. The molecule has 0 aliphatic rings. The second-order valence-electron chi connectivity index (χ2n) is 5.50. The quantitative estimate of drug-likeness (QED) is 0.575. The molecule has 0 amide bonds. The fraction of sp³-hybridized carbons (Fsp3) is 0.222. The molecule has 0 fully saturated rings. The van der Waals surface area contributed by atoms with E-state index in [4.69, 9.17) is 25.8 Å². The monoisotopic (exact) mass is 388 g/mol. The number of esters is 1. The van der Waals surface area contributed by atoms with Crippen molar-refractivity contribution in [1.82, 2.24) is 20.2 Å². The summed E-state index contributed by atoms with van der Waals surface area (Å²) in [5, 5.41) is 12.7. The van der Waals surface area contributed by atoms with Gasteiger partial charge < -0.3 is 14.2 Å². The van der Waals surface area contributed by atoms with E-state index in [9.17, 15) is 4.79 Å². The van der Waals surface area contributed by atoms with Crippen molar-refractivity contribution in [3.8, 4) is 22.9 Å². The molecule has 2 aromatic carbocycles. The molecule has 0 saturated heterocycles. The number of benzene rings is 2. The van der Waals surface area contributed by atoms with Crippen LogP contribution in [0.15, 0.2) is 42.5 Å². The number of hydrogen-bond acceptors (Lipinski definition) is 7. The molecule has 0 aliphatic carbocycles. The van der Waals surface area contributed by atoms with Crippen LogP contribution in [0.5, 0.6) is 11.5 Å². The Kier molecular flexibility index (Phi) is 5.87. The number of tetrazole rings is 1. The van der Waals surface area contributed by atoms with Crippen molar-refractivity contribution >= 4 is 17.6 Å². The van der Waals surface area contributed by atoms with E-state index in [2.05, 4.69) is 15.4 Å². The molecule has 0 atom stereocenters. The number of halogens is 1. The first-order chi connectivity index (χ1) is 13.1. The van der Waals surface area contributed by atoms with Crippen LogP contribution < -0.4 is 9.47 Å². The van der Waals surface area contributed by atoms with Crippen molar-refractivity contribution in [3.05, 3.63) is 53.1 Å². The highest BCUT2D eigenvalue weighted by atomic mass is 35.5. The van der Waals surface area contributed by atoms with Crippen molar-refractivity contribution in [2.24, 2.45) is 0 Å². The largest absolute Gasteiger partial charge is 0.493 e. The Bertz CT molecular complexity index is 927. The lowest BCUT2D eigenvalue weighted by atomic mass is 10.2. The number of methoxy groups -OCH3 is 2. The molecular formula is C18H17ClN4O4. The summed E-state index contributed by atoms with van der Waals surface area (Å²) in [6, 6.07) is 12.3. The third kappa shape index (κ3) is 4.73. The van der Waals surface area contributed by atoms with Gasteiger partial charge in [0.15, 0.2) is 18.0 Å². The van der Waals surface area contributed by atoms with E-state index in [1.807, 2.05) is 0 Å². The number of hydrogen-bond donors (Lipinski definition) is 0. The van der Waals surface area contributed by atoms with Crippen LogP contribution in [0.2, 0.25) is 5.02 Å². The smallest absolute Gasteiger partial charge is 0.330 e. The Balaban J connectivity index is 1.62. The first kappa shape index (κ1) is 18.7. The molecule has 0 aliphatic heterocycles. The summed E-state index contributed by atoms with van der Waals surface area (Å²) in [7, 11) is 3.10. The van der Waals surface area contributed by atoms with Crippen LogP contribution in [0.1, 0.15) is 5.56 Å². The minimum Gasteiger partial charge on any atom is -0.493 e. The van der Waals surface area contributed by atoms with Gasteiger partial charge in [0.1, 0.15) is 6.61 Å².